The Balaban J connectivity index is 3.36. The van der Waals surface area contributed by atoms with E-state index in [0.29, 0.717) is 17.1 Å². The third-order valence-electron chi connectivity index (χ3n) is 3.35. The molecular weight excluding hydrogens is 268 g/mol. The van der Waals surface area contributed by atoms with Gasteiger partial charge in [-0.25, -0.2) is 8.42 Å². The van der Waals surface area contributed by atoms with Gasteiger partial charge in [0, 0.05) is 11.8 Å². The second-order valence-electron chi connectivity index (χ2n) is 4.89. The van der Waals surface area contributed by atoms with Crippen LogP contribution >= 0.6 is 0 Å². The van der Waals surface area contributed by atoms with Crippen molar-refractivity contribution in [3.05, 3.63) is 23.8 Å². The molecule has 19 heavy (non-hydrogen) atoms. The summed E-state index contributed by atoms with van der Waals surface area (Å²) in [6.07, 6.45) is -0.115. The normalized spacial score (nSPS) is 14.0. The van der Waals surface area contributed by atoms with Crippen molar-refractivity contribution < 1.29 is 23.0 Å². The molecule has 0 saturated carbocycles. The number of aliphatic hydroxyl groups is 1. The van der Waals surface area contributed by atoms with Crippen molar-refractivity contribution in [2.45, 2.75) is 24.7 Å². The summed E-state index contributed by atoms with van der Waals surface area (Å²) in [4.78, 5) is 0. The van der Waals surface area contributed by atoms with E-state index in [2.05, 4.69) is 0 Å². The molecule has 108 valence electrons. The van der Waals surface area contributed by atoms with E-state index in [9.17, 15) is 13.5 Å². The molecule has 1 aromatic rings. The van der Waals surface area contributed by atoms with Crippen LogP contribution in [-0.4, -0.2) is 38.7 Å². The highest BCUT2D eigenvalue weighted by Crippen LogP contribution is 2.38. The Bertz CT molecular complexity index is 548. The molecular formula is C13H20O5S. The van der Waals surface area contributed by atoms with E-state index in [0.717, 1.165) is 6.26 Å². The molecule has 0 aromatic heterocycles. The first kappa shape index (κ1) is 15.8. The molecule has 0 fully saturated rings. The van der Waals surface area contributed by atoms with Crippen molar-refractivity contribution in [3.8, 4) is 11.5 Å². The first-order valence-electron chi connectivity index (χ1n) is 5.74. The fourth-order valence-corrected chi connectivity index (χ4v) is 2.16. The molecule has 1 unspecified atom stereocenters. The Labute approximate surface area is 114 Å². The predicted octanol–water partition coefficient (Wildman–Crippen LogP) is 1.56. The van der Waals surface area contributed by atoms with E-state index in [1.165, 1.54) is 28.1 Å². The minimum atomic E-state index is -3.44. The van der Waals surface area contributed by atoms with Gasteiger partial charge in [-0.15, -0.1) is 0 Å². The number of sulfone groups is 1. The molecule has 0 amide bonds. The summed E-state index contributed by atoms with van der Waals surface area (Å²) >= 11 is 0. The number of methoxy groups -OCH3 is 2. The fourth-order valence-electron chi connectivity index (χ4n) is 1.63. The van der Waals surface area contributed by atoms with Crippen LogP contribution in [0.5, 0.6) is 11.5 Å². The maximum Gasteiger partial charge on any atom is 0.155 e. The molecule has 0 bridgehead atoms. The summed E-state index contributed by atoms with van der Waals surface area (Å²) in [5.41, 5.74) is 0.386. The van der Waals surface area contributed by atoms with Crippen LogP contribution in [0.4, 0.5) is 0 Å². The Morgan fingerprint density at radius 2 is 1.79 bits per heavy atom. The lowest BCUT2D eigenvalue weighted by molar-refractivity contribution is 0.135. The van der Waals surface area contributed by atoms with Gasteiger partial charge >= 0.3 is 0 Å². The third kappa shape index (κ3) is 3.01. The molecule has 1 N–H and O–H groups in total. The molecule has 0 aliphatic carbocycles. The lowest BCUT2D eigenvalue weighted by Crippen LogP contribution is -2.38. The van der Waals surface area contributed by atoms with E-state index >= 15 is 0 Å². The molecule has 0 spiro atoms. The highest BCUT2D eigenvalue weighted by atomic mass is 32.2. The molecule has 0 radical (unpaired) electrons. The predicted molar refractivity (Wildman–Crippen MR) is 73.4 cm³/mol. The van der Waals surface area contributed by atoms with Crippen LogP contribution in [0.25, 0.3) is 0 Å². The minimum absolute atomic E-state index is 0.386. The number of ether oxygens (including phenoxy) is 2. The maximum absolute atomic E-state index is 11.8. The van der Waals surface area contributed by atoms with Crippen LogP contribution in [0, 0.1) is 0 Å². The van der Waals surface area contributed by atoms with Crippen molar-refractivity contribution in [1.29, 1.82) is 0 Å². The van der Waals surface area contributed by atoms with Gasteiger partial charge in [-0.3, -0.25) is 0 Å². The maximum atomic E-state index is 11.8. The molecule has 0 aliphatic rings. The Kier molecular flexibility index (Phi) is 4.47. The van der Waals surface area contributed by atoms with Crippen LogP contribution in [0.15, 0.2) is 18.2 Å². The van der Waals surface area contributed by atoms with Gasteiger partial charge in [-0.1, -0.05) is 0 Å². The summed E-state index contributed by atoms with van der Waals surface area (Å²) in [5.74, 6) is 0.948. The van der Waals surface area contributed by atoms with Crippen molar-refractivity contribution >= 4 is 9.84 Å². The van der Waals surface area contributed by atoms with Gasteiger partial charge in [0.15, 0.2) is 9.84 Å². The van der Waals surface area contributed by atoms with Crippen LogP contribution < -0.4 is 9.47 Å². The monoisotopic (exact) mass is 288 g/mol. The smallest absolute Gasteiger partial charge is 0.155 e. The number of benzene rings is 1. The second kappa shape index (κ2) is 5.38. The molecule has 1 rings (SSSR count). The Morgan fingerprint density at radius 3 is 2.21 bits per heavy atom. The molecule has 0 heterocycles. The summed E-state index contributed by atoms with van der Waals surface area (Å²) < 4.78 is 32.5. The van der Waals surface area contributed by atoms with Crippen molar-refractivity contribution in [2.24, 2.45) is 0 Å². The summed E-state index contributed by atoms with van der Waals surface area (Å²) in [5, 5.41) is 10.4. The van der Waals surface area contributed by atoms with Gasteiger partial charge in [-0.05, 0) is 32.0 Å². The van der Waals surface area contributed by atoms with E-state index in [-0.39, 0.29) is 0 Å². The molecule has 0 saturated heterocycles. The average Bonchev–Trinajstić information content (AvgIpc) is 2.35. The highest BCUT2D eigenvalue weighted by Gasteiger charge is 2.40. The van der Waals surface area contributed by atoms with Gasteiger partial charge in [-0.2, -0.15) is 0 Å². The topological polar surface area (TPSA) is 72.8 Å². The molecule has 1 aromatic carbocycles. The van der Waals surface area contributed by atoms with Gasteiger partial charge in [0.25, 0.3) is 0 Å². The van der Waals surface area contributed by atoms with Gasteiger partial charge in [0.2, 0.25) is 0 Å². The van der Waals surface area contributed by atoms with Crippen LogP contribution in [-0.2, 0) is 9.84 Å². The minimum Gasteiger partial charge on any atom is -0.497 e. The van der Waals surface area contributed by atoms with Crippen molar-refractivity contribution in [1.82, 2.24) is 0 Å². The molecule has 0 aliphatic heterocycles. The Hall–Kier alpha value is -1.27. The van der Waals surface area contributed by atoms with Crippen molar-refractivity contribution in [2.75, 3.05) is 20.5 Å². The quantitative estimate of drug-likeness (QED) is 0.890. The third-order valence-corrected chi connectivity index (χ3v) is 5.48. The average molecular weight is 288 g/mol. The largest absolute Gasteiger partial charge is 0.497 e. The second-order valence-corrected chi connectivity index (χ2v) is 7.48. The summed E-state index contributed by atoms with van der Waals surface area (Å²) in [6.45, 7) is 2.96. The van der Waals surface area contributed by atoms with Gasteiger partial charge in [0.1, 0.15) is 17.6 Å². The molecule has 1 atom stereocenters. The van der Waals surface area contributed by atoms with Gasteiger partial charge < -0.3 is 14.6 Å². The first-order chi connectivity index (χ1) is 8.65. The van der Waals surface area contributed by atoms with Crippen LogP contribution in [0.3, 0.4) is 0 Å². The zero-order valence-electron chi connectivity index (χ0n) is 11.8. The zero-order valence-corrected chi connectivity index (χ0v) is 12.6. The van der Waals surface area contributed by atoms with E-state index in [1.54, 1.807) is 18.2 Å². The molecule has 6 heteroatoms. The van der Waals surface area contributed by atoms with E-state index < -0.39 is 20.7 Å². The van der Waals surface area contributed by atoms with Crippen LogP contribution in [0.1, 0.15) is 25.5 Å². The van der Waals surface area contributed by atoms with Gasteiger partial charge in [0.05, 0.1) is 19.0 Å². The summed E-state index contributed by atoms with van der Waals surface area (Å²) in [6, 6.07) is 4.90. The lowest BCUT2D eigenvalue weighted by Gasteiger charge is -2.29. The van der Waals surface area contributed by atoms with Crippen molar-refractivity contribution in [3.63, 3.8) is 0 Å². The Morgan fingerprint density at radius 1 is 1.21 bits per heavy atom. The standard InChI is InChI=1S/C13H20O5S/c1-13(2,19(5,15)16)12(14)10-8-9(17-3)6-7-11(10)18-4/h6-8,12,14H,1-5H3. The van der Waals surface area contributed by atoms with E-state index in [4.69, 9.17) is 9.47 Å². The number of aliphatic hydroxyl groups excluding tert-OH is 1. The SMILES string of the molecule is COc1ccc(OC)c(C(O)C(C)(C)S(C)(=O)=O)c1. The number of rotatable bonds is 5. The zero-order chi connectivity index (χ0) is 14.8. The van der Waals surface area contributed by atoms with Crippen LogP contribution in [0.2, 0.25) is 0 Å². The first-order valence-corrected chi connectivity index (χ1v) is 7.64. The lowest BCUT2D eigenvalue weighted by atomic mass is 9.97. The summed E-state index contributed by atoms with van der Waals surface area (Å²) in [7, 11) is -0.477. The number of hydrogen-bond acceptors (Lipinski definition) is 5. The molecule has 5 nitrogen and oxygen atoms in total. The highest BCUT2D eigenvalue weighted by molar-refractivity contribution is 7.92. The number of hydrogen-bond donors (Lipinski definition) is 1. The fraction of sp³-hybridized carbons (Fsp3) is 0.538. The van der Waals surface area contributed by atoms with E-state index in [1.807, 2.05) is 0 Å².